The first-order valence-electron chi connectivity index (χ1n) is 9.20. The Morgan fingerprint density at radius 3 is 2.85 bits per heavy atom. The van der Waals surface area contributed by atoms with Crippen molar-refractivity contribution in [3.63, 3.8) is 0 Å². The van der Waals surface area contributed by atoms with E-state index < -0.39 is 0 Å². The van der Waals surface area contributed by atoms with Gasteiger partial charge in [-0.15, -0.1) is 0 Å². The van der Waals surface area contributed by atoms with Crippen LogP contribution in [0.4, 0.5) is 5.82 Å². The number of nitrogens with one attached hydrogen (secondary N) is 1. The Balaban J connectivity index is 1.65. The minimum Gasteiger partial charge on any atom is -0.369 e. The fourth-order valence-corrected chi connectivity index (χ4v) is 3.78. The van der Waals surface area contributed by atoms with Crippen LogP contribution < -0.4 is 5.32 Å². The van der Waals surface area contributed by atoms with Crippen LogP contribution in [-0.2, 0) is 7.05 Å². The molecule has 0 amide bonds. The molecule has 1 N–H and O–H groups in total. The maximum atomic E-state index is 4.78. The third-order valence-corrected chi connectivity index (χ3v) is 5.19. The summed E-state index contributed by atoms with van der Waals surface area (Å²) >= 11 is 0. The minimum atomic E-state index is 0.626. The molecular formula is C19H25N7. The summed E-state index contributed by atoms with van der Waals surface area (Å²) in [7, 11) is 4.13. The third-order valence-electron chi connectivity index (χ3n) is 5.19. The average Bonchev–Trinajstić information content (AvgIpc) is 3.19. The molecule has 0 bridgehead atoms. The summed E-state index contributed by atoms with van der Waals surface area (Å²) in [6.45, 7) is 4.09. The molecule has 0 aromatic carbocycles. The summed E-state index contributed by atoms with van der Waals surface area (Å²) in [6.07, 6.45) is 5.45. The molecule has 4 rings (SSSR count). The van der Waals surface area contributed by atoms with E-state index in [-0.39, 0.29) is 0 Å². The summed E-state index contributed by atoms with van der Waals surface area (Å²) in [5, 5.41) is 9.06. The molecule has 136 valence electrons. The van der Waals surface area contributed by atoms with Gasteiger partial charge in [0.15, 0.2) is 11.5 Å². The second kappa shape index (κ2) is 6.99. The molecule has 1 aliphatic rings. The van der Waals surface area contributed by atoms with Crippen LogP contribution in [0.15, 0.2) is 24.4 Å². The van der Waals surface area contributed by atoms with Gasteiger partial charge in [-0.25, -0.2) is 9.97 Å². The molecule has 1 fully saturated rings. The molecule has 0 aliphatic carbocycles. The Hall–Kier alpha value is -2.54. The maximum absolute atomic E-state index is 4.78. The molecule has 4 heterocycles. The lowest BCUT2D eigenvalue weighted by Gasteiger charge is -2.19. The molecule has 0 saturated carbocycles. The minimum absolute atomic E-state index is 0.626. The van der Waals surface area contributed by atoms with E-state index in [2.05, 4.69) is 27.3 Å². The molecule has 7 nitrogen and oxygen atoms in total. The van der Waals surface area contributed by atoms with Crippen molar-refractivity contribution < 1.29 is 0 Å². The molecular weight excluding hydrogens is 326 g/mol. The van der Waals surface area contributed by atoms with E-state index in [0.29, 0.717) is 11.9 Å². The number of nitrogens with zero attached hydrogens (tertiary/aromatic N) is 6. The molecule has 0 spiro atoms. The number of pyridine rings is 1. The molecule has 1 atom stereocenters. The predicted octanol–water partition coefficient (Wildman–Crippen LogP) is 2.63. The van der Waals surface area contributed by atoms with Crippen LogP contribution in [0.2, 0.25) is 0 Å². The van der Waals surface area contributed by atoms with Gasteiger partial charge in [0.25, 0.3) is 0 Å². The molecule has 0 radical (unpaired) electrons. The Kier molecular flexibility index (Phi) is 4.55. The first-order valence-corrected chi connectivity index (χ1v) is 9.20. The summed E-state index contributed by atoms with van der Waals surface area (Å²) in [6, 6.07) is 6.44. The molecule has 0 unspecified atom stereocenters. The zero-order valence-corrected chi connectivity index (χ0v) is 15.6. The second-order valence-electron chi connectivity index (χ2n) is 7.01. The van der Waals surface area contributed by atoms with Crippen LogP contribution in [0.25, 0.3) is 22.6 Å². The number of rotatable bonds is 5. The second-order valence-corrected chi connectivity index (χ2v) is 7.01. The van der Waals surface area contributed by atoms with Crippen LogP contribution in [0, 0.1) is 6.92 Å². The van der Waals surface area contributed by atoms with Gasteiger partial charge in [0.05, 0.1) is 11.1 Å². The Bertz CT molecular complexity index is 903. The van der Waals surface area contributed by atoms with Gasteiger partial charge in [-0.2, -0.15) is 5.10 Å². The summed E-state index contributed by atoms with van der Waals surface area (Å²) in [5.41, 5.74) is 2.54. The van der Waals surface area contributed by atoms with Gasteiger partial charge in [0.1, 0.15) is 11.5 Å². The van der Waals surface area contributed by atoms with Gasteiger partial charge in [-0.05, 0) is 51.9 Å². The van der Waals surface area contributed by atoms with Crippen molar-refractivity contribution in [3.05, 3.63) is 30.1 Å². The van der Waals surface area contributed by atoms with Crippen LogP contribution in [0.3, 0.4) is 0 Å². The normalized spacial score (nSPS) is 17.9. The van der Waals surface area contributed by atoms with Gasteiger partial charge < -0.3 is 10.2 Å². The van der Waals surface area contributed by atoms with Gasteiger partial charge in [-0.1, -0.05) is 6.07 Å². The molecule has 26 heavy (non-hydrogen) atoms. The SMILES string of the molecule is Cc1nn(C)c2nc(-c3ccccn3)nc(NCC[C@@H]3CCCN3C)c12. The highest BCUT2D eigenvalue weighted by Gasteiger charge is 2.21. The standard InChI is InChI=1S/C19H25N7/c1-13-16-18(21-11-9-14-7-6-12-25(14)2)22-17(15-8-4-5-10-20-15)23-19(16)26(3)24-13/h4-5,8,10,14H,6-7,9,11-12H2,1-3H3,(H,21,22,23)/t14-/m0/s1. The highest BCUT2D eigenvalue weighted by atomic mass is 15.3. The van der Waals surface area contributed by atoms with Crippen molar-refractivity contribution in [1.29, 1.82) is 0 Å². The van der Waals surface area contributed by atoms with Crippen LogP contribution >= 0.6 is 0 Å². The van der Waals surface area contributed by atoms with E-state index in [9.17, 15) is 0 Å². The average molecular weight is 351 g/mol. The van der Waals surface area contributed by atoms with Crippen LogP contribution in [-0.4, -0.2) is 55.8 Å². The van der Waals surface area contributed by atoms with Crippen molar-refractivity contribution in [1.82, 2.24) is 29.6 Å². The van der Waals surface area contributed by atoms with E-state index in [0.717, 1.165) is 41.2 Å². The Morgan fingerprint density at radius 1 is 1.23 bits per heavy atom. The Morgan fingerprint density at radius 2 is 2.12 bits per heavy atom. The summed E-state index contributed by atoms with van der Waals surface area (Å²) in [5.74, 6) is 1.48. The molecule has 1 aliphatic heterocycles. The van der Waals surface area contributed by atoms with Crippen molar-refractivity contribution in [2.24, 2.45) is 7.05 Å². The number of hydrogen-bond donors (Lipinski definition) is 1. The number of fused-ring (bicyclic) bond motifs is 1. The lowest BCUT2D eigenvalue weighted by molar-refractivity contribution is 0.301. The van der Waals surface area contributed by atoms with Crippen LogP contribution in [0.5, 0.6) is 0 Å². The summed E-state index contributed by atoms with van der Waals surface area (Å²) < 4.78 is 1.81. The summed E-state index contributed by atoms with van der Waals surface area (Å²) in [4.78, 5) is 16.3. The lowest BCUT2D eigenvalue weighted by Crippen LogP contribution is -2.27. The van der Waals surface area contributed by atoms with Crippen LogP contribution in [0.1, 0.15) is 25.0 Å². The van der Waals surface area contributed by atoms with Crippen molar-refractivity contribution in [3.8, 4) is 11.5 Å². The van der Waals surface area contributed by atoms with Crippen molar-refractivity contribution >= 4 is 16.9 Å². The molecule has 3 aromatic heterocycles. The highest BCUT2D eigenvalue weighted by Crippen LogP contribution is 2.27. The van der Waals surface area contributed by atoms with E-state index >= 15 is 0 Å². The third kappa shape index (κ3) is 3.14. The first-order chi connectivity index (χ1) is 12.6. The first kappa shape index (κ1) is 16.9. The van der Waals surface area contributed by atoms with Gasteiger partial charge in [0, 0.05) is 25.8 Å². The van der Waals surface area contributed by atoms with Crippen molar-refractivity contribution in [2.45, 2.75) is 32.2 Å². The topological polar surface area (TPSA) is 71.8 Å². The number of aryl methyl sites for hydroxylation is 2. The quantitative estimate of drug-likeness (QED) is 0.762. The smallest absolute Gasteiger partial charge is 0.182 e. The van der Waals surface area contributed by atoms with E-state index in [1.165, 1.54) is 19.4 Å². The molecule has 1 saturated heterocycles. The zero-order chi connectivity index (χ0) is 18.1. The van der Waals surface area contributed by atoms with E-state index in [1.54, 1.807) is 6.20 Å². The van der Waals surface area contributed by atoms with Crippen molar-refractivity contribution in [2.75, 3.05) is 25.5 Å². The van der Waals surface area contributed by atoms with E-state index in [4.69, 9.17) is 9.97 Å². The molecule has 3 aromatic rings. The lowest BCUT2D eigenvalue weighted by atomic mass is 10.1. The number of anilines is 1. The maximum Gasteiger partial charge on any atom is 0.182 e. The van der Waals surface area contributed by atoms with Gasteiger partial charge >= 0.3 is 0 Å². The number of aromatic nitrogens is 5. The van der Waals surface area contributed by atoms with Gasteiger partial charge in [-0.3, -0.25) is 9.67 Å². The highest BCUT2D eigenvalue weighted by molar-refractivity contribution is 5.90. The number of likely N-dealkylation sites (tertiary alicyclic amines) is 1. The Labute approximate surface area is 153 Å². The molecule has 7 heteroatoms. The zero-order valence-electron chi connectivity index (χ0n) is 15.6. The van der Waals surface area contributed by atoms with E-state index in [1.807, 2.05) is 36.9 Å². The number of hydrogen-bond acceptors (Lipinski definition) is 6. The monoisotopic (exact) mass is 351 g/mol. The van der Waals surface area contributed by atoms with Gasteiger partial charge in [0.2, 0.25) is 0 Å². The fraction of sp³-hybridized carbons (Fsp3) is 0.474. The largest absolute Gasteiger partial charge is 0.369 e. The predicted molar refractivity (Wildman–Crippen MR) is 103 cm³/mol. The fourth-order valence-electron chi connectivity index (χ4n) is 3.78.